The Kier molecular flexibility index (Phi) is 3.37. The van der Waals surface area contributed by atoms with Gasteiger partial charge in [0.15, 0.2) is 0 Å². The SMILES string of the molecule is CN(C1CC1)S(=O)(=O)c1ccc(CBr)cc1. The number of halogens is 1. The van der Waals surface area contributed by atoms with E-state index in [-0.39, 0.29) is 6.04 Å². The van der Waals surface area contributed by atoms with Crippen LogP contribution in [0.2, 0.25) is 0 Å². The monoisotopic (exact) mass is 303 g/mol. The lowest BCUT2D eigenvalue weighted by Gasteiger charge is -2.16. The molecule has 0 N–H and O–H groups in total. The summed E-state index contributed by atoms with van der Waals surface area (Å²) in [5.41, 5.74) is 1.08. The molecule has 2 rings (SSSR count). The summed E-state index contributed by atoms with van der Waals surface area (Å²) >= 11 is 3.33. The van der Waals surface area contributed by atoms with Crippen molar-refractivity contribution in [3.05, 3.63) is 29.8 Å². The lowest BCUT2D eigenvalue weighted by atomic mass is 10.2. The number of benzene rings is 1. The van der Waals surface area contributed by atoms with E-state index in [1.54, 1.807) is 19.2 Å². The first-order valence-electron chi connectivity index (χ1n) is 5.18. The van der Waals surface area contributed by atoms with Crippen LogP contribution in [0.5, 0.6) is 0 Å². The molecule has 88 valence electrons. The van der Waals surface area contributed by atoms with Gasteiger partial charge in [-0.05, 0) is 30.5 Å². The van der Waals surface area contributed by atoms with E-state index in [0.29, 0.717) is 4.90 Å². The predicted octanol–water partition coefficient (Wildman–Crippen LogP) is 2.36. The van der Waals surface area contributed by atoms with Gasteiger partial charge in [-0.3, -0.25) is 0 Å². The van der Waals surface area contributed by atoms with E-state index in [1.165, 1.54) is 4.31 Å². The quantitative estimate of drug-likeness (QED) is 0.801. The average molecular weight is 304 g/mol. The van der Waals surface area contributed by atoms with Crippen LogP contribution in [0.1, 0.15) is 18.4 Å². The molecule has 0 radical (unpaired) electrons. The van der Waals surface area contributed by atoms with Crippen LogP contribution >= 0.6 is 15.9 Å². The Labute approximate surface area is 105 Å². The zero-order chi connectivity index (χ0) is 11.8. The molecule has 1 aromatic rings. The van der Waals surface area contributed by atoms with Gasteiger partial charge < -0.3 is 0 Å². The van der Waals surface area contributed by atoms with Crippen LogP contribution in [-0.4, -0.2) is 25.8 Å². The molecule has 5 heteroatoms. The molecule has 0 aromatic heterocycles. The Hall–Kier alpha value is -0.390. The van der Waals surface area contributed by atoms with Crippen LogP contribution in [0.25, 0.3) is 0 Å². The first-order valence-corrected chi connectivity index (χ1v) is 7.75. The zero-order valence-electron chi connectivity index (χ0n) is 9.06. The lowest BCUT2D eigenvalue weighted by molar-refractivity contribution is 0.464. The topological polar surface area (TPSA) is 37.4 Å². The summed E-state index contributed by atoms with van der Waals surface area (Å²) in [6, 6.07) is 7.22. The van der Waals surface area contributed by atoms with Gasteiger partial charge in [0.2, 0.25) is 10.0 Å². The highest BCUT2D eigenvalue weighted by Gasteiger charge is 2.34. The molecule has 1 saturated carbocycles. The van der Waals surface area contributed by atoms with E-state index in [4.69, 9.17) is 0 Å². The largest absolute Gasteiger partial charge is 0.243 e. The van der Waals surface area contributed by atoms with Gasteiger partial charge in [-0.25, -0.2) is 8.42 Å². The van der Waals surface area contributed by atoms with Crippen molar-refractivity contribution < 1.29 is 8.42 Å². The minimum Gasteiger partial charge on any atom is -0.207 e. The van der Waals surface area contributed by atoms with Gasteiger partial charge in [0.1, 0.15) is 0 Å². The Bertz CT molecular complexity index is 465. The van der Waals surface area contributed by atoms with Crippen LogP contribution in [0, 0.1) is 0 Å². The third-order valence-electron chi connectivity index (χ3n) is 2.82. The molecule has 0 saturated heterocycles. The number of hydrogen-bond donors (Lipinski definition) is 0. The van der Waals surface area contributed by atoms with Crippen LogP contribution < -0.4 is 0 Å². The highest BCUT2D eigenvalue weighted by molar-refractivity contribution is 9.08. The van der Waals surface area contributed by atoms with E-state index in [2.05, 4.69) is 15.9 Å². The van der Waals surface area contributed by atoms with E-state index in [9.17, 15) is 8.42 Å². The van der Waals surface area contributed by atoms with Gasteiger partial charge in [0.25, 0.3) is 0 Å². The van der Waals surface area contributed by atoms with Crippen molar-refractivity contribution in [3.8, 4) is 0 Å². The second-order valence-electron chi connectivity index (χ2n) is 4.03. The summed E-state index contributed by atoms with van der Waals surface area (Å²) in [4.78, 5) is 0.381. The van der Waals surface area contributed by atoms with E-state index in [0.717, 1.165) is 23.7 Å². The van der Waals surface area contributed by atoms with Crippen molar-refractivity contribution in [1.29, 1.82) is 0 Å². The summed E-state index contributed by atoms with van der Waals surface area (Å²) in [6.45, 7) is 0. The van der Waals surface area contributed by atoms with Crippen molar-refractivity contribution in [1.82, 2.24) is 4.31 Å². The van der Waals surface area contributed by atoms with Gasteiger partial charge >= 0.3 is 0 Å². The van der Waals surface area contributed by atoms with E-state index in [1.807, 2.05) is 12.1 Å². The minimum atomic E-state index is -3.28. The molecule has 0 amide bonds. The summed E-state index contributed by atoms with van der Waals surface area (Å²) in [5.74, 6) is 0. The van der Waals surface area contributed by atoms with E-state index < -0.39 is 10.0 Å². The maximum Gasteiger partial charge on any atom is 0.243 e. The Balaban J connectivity index is 2.27. The van der Waals surface area contributed by atoms with Crippen molar-refractivity contribution in [2.24, 2.45) is 0 Å². The normalized spacial score (nSPS) is 16.7. The first-order chi connectivity index (χ1) is 7.55. The first kappa shape index (κ1) is 12.1. The van der Waals surface area contributed by atoms with Crippen LogP contribution in [-0.2, 0) is 15.4 Å². The Morgan fingerprint density at radius 1 is 1.31 bits per heavy atom. The Morgan fingerprint density at radius 3 is 2.31 bits per heavy atom. The predicted molar refractivity (Wildman–Crippen MR) is 67.0 cm³/mol. The smallest absolute Gasteiger partial charge is 0.207 e. The third-order valence-corrected chi connectivity index (χ3v) is 5.39. The van der Waals surface area contributed by atoms with Gasteiger partial charge in [0, 0.05) is 18.4 Å². The summed E-state index contributed by atoms with van der Waals surface area (Å²) in [6.07, 6.45) is 1.96. The minimum absolute atomic E-state index is 0.209. The maximum absolute atomic E-state index is 12.1. The van der Waals surface area contributed by atoms with E-state index >= 15 is 0 Å². The summed E-state index contributed by atoms with van der Waals surface area (Å²) < 4.78 is 25.7. The van der Waals surface area contributed by atoms with Gasteiger partial charge in [-0.15, -0.1) is 0 Å². The van der Waals surface area contributed by atoms with Crippen LogP contribution in [0.3, 0.4) is 0 Å². The fourth-order valence-electron chi connectivity index (χ4n) is 1.55. The molecule has 0 spiro atoms. The second kappa shape index (κ2) is 4.47. The number of alkyl halides is 1. The van der Waals surface area contributed by atoms with Gasteiger partial charge in [-0.2, -0.15) is 4.31 Å². The fraction of sp³-hybridized carbons (Fsp3) is 0.455. The van der Waals surface area contributed by atoms with Crippen molar-refractivity contribution in [2.75, 3.05) is 7.05 Å². The van der Waals surface area contributed by atoms with Crippen LogP contribution in [0.15, 0.2) is 29.2 Å². The zero-order valence-corrected chi connectivity index (χ0v) is 11.5. The number of sulfonamides is 1. The molecule has 1 aromatic carbocycles. The van der Waals surface area contributed by atoms with Gasteiger partial charge in [-0.1, -0.05) is 28.1 Å². The summed E-state index contributed by atoms with van der Waals surface area (Å²) in [7, 11) is -1.62. The molecule has 0 atom stereocenters. The number of rotatable bonds is 4. The van der Waals surface area contributed by atoms with Crippen molar-refractivity contribution in [2.45, 2.75) is 29.1 Å². The highest BCUT2D eigenvalue weighted by atomic mass is 79.9. The molecule has 1 aliphatic carbocycles. The molecule has 1 fully saturated rings. The molecule has 0 unspecified atom stereocenters. The van der Waals surface area contributed by atoms with Crippen molar-refractivity contribution >= 4 is 26.0 Å². The molecule has 0 heterocycles. The average Bonchev–Trinajstić information content (AvgIpc) is 3.12. The molecule has 0 bridgehead atoms. The Morgan fingerprint density at radius 2 is 1.88 bits per heavy atom. The lowest BCUT2D eigenvalue weighted by Crippen LogP contribution is -2.28. The molecular weight excluding hydrogens is 290 g/mol. The third kappa shape index (κ3) is 2.31. The molecule has 16 heavy (non-hydrogen) atoms. The van der Waals surface area contributed by atoms with Crippen molar-refractivity contribution in [3.63, 3.8) is 0 Å². The summed E-state index contributed by atoms with van der Waals surface area (Å²) in [5, 5.41) is 0.742. The second-order valence-corrected chi connectivity index (χ2v) is 6.59. The fourth-order valence-corrected chi connectivity index (χ4v) is 3.34. The maximum atomic E-state index is 12.1. The molecule has 3 nitrogen and oxygen atoms in total. The standard InChI is InChI=1S/C11H14BrNO2S/c1-13(10-4-5-10)16(14,15)11-6-2-9(8-12)3-7-11/h2-3,6-7,10H,4-5,8H2,1H3. The number of hydrogen-bond acceptors (Lipinski definition) is 2. The van der Waals surface area contributed by atoms with Crippen LogP contribution in [0.4, 0.5) is 0 Å². The highest BCUT2D eigenvalue weighted by Crippen LogP contribution is 2.30. The molecule has 0 aliphatic heterocycles. The number of nitrogens with zero attached hydrogens (tertiary/aromatic N) is 1. The van der Waals surface area contributed by atoms with Gasteiger partial charge in [0.05, 0.1) is 4.90 Å². The molecular formula is C11H14BrNO2S. The molecule has 1 aliphatic rings.